The minimum Gasteiger partial charge on any atom is -0.376 e. The number of pyridine rings is 1. The van der Waals surface area contributed by atoms with Gasteiger partial charge in [0.25, 0.3) is 0 Å². The molecule has 2 aromatic heterocycles. The Balaban J connectivity index is 2.03. The van der Waals surface area contributed by atoms with Gasteiger partial charge in [-0.1, -0.05) is 18.2 Å². The number of thiocarbonyl (C=S) groups is 1. The SMILES string of the molecule is NC(=S)Nc1cccc(-c2cc3ccccn3c2)c1. The van der Waals surface area contributed by atoms with E-state index in [-0.39, 0.29) is 5.11 Å². The zero-order chi connectivity index (χ0) is 13.2. The van der Waals surface area contributed by atoms with Crippen LogP contribution < -0.4 is 11.1 Å². The van der Waals surface area contributed by atoms with Crippen molar-refractivity contribution in [2.24, 2.45) is 5.73 Å². The first-order chi connectivity index (χ1) is 9.22. The summed E-state index contributed by atoms with van der Waals surface area (Å²) in [7, 11) is 0. The molecule has 3 rings (SSSR count). The third-order valence-electron chi connectivity index (χ3n) is 2.97. The molecule has 3 N–H and O–H groups in total. The summed E-state index contributed by atoms with van der Waals surface area (Å²) in [4.78, 5) is 0. The van der Waals surface area contributed by atoms with Crippen molar-refractivity contribution < 1.29 is 0 Å². The summed E-state index contributed by atoms with van der Waals surface area (Å²) in [5, 5.41) is 3.23. The van der Waals surface area contributed by atoms with Crippen LogP contribution in [0.15, 0.2) is 60.9 Å². The standard InChI is InChI=1S/C15H13N3S/c16-15(19)17-13-5-3-4-11(8-13)12-9-14-6-1-2-7-18(14)10-12/h1-10H,(H3,16,17,19). The summed E-state index contributed by atoms with van der Waals surface area (Å²) < 4.78 is 2.10. The van der Waals surface area contributed by atoms with Gasteiger partial charge in [-0.3, -0.25) is 0 Å². The predicted octanol–water partition coefficient (Wildman–Crippen LogP) is 3.26. The van der Waals surface area contributed by atoms with Crippen LogP contribution in [0.4, 0.5) is 5.69 Å². The average molecular weight is 267 g/mol. The van der Waals surface area contributed by atoms with Gasteiger partial charge >= 0.3 is 0 Å². The van der Waals surface area contributed by atoms with Gasteiger partial charge in [0.05, 0.1) is 0 Å². The number of rotatable bonds is 2. The van der Waals surface area contributed by atoms with E-state index in [0.29, 0.717) is 0 Å². The molecule has 19 heavy (non-hydrogen) atoms. The highest BCUT2D eigenvalue weighted by molar-refractivity contribution is 7.80. The van der Waals surface area contributed by atoms with Crippen molar-refractivity contribution in [1.82, 2.24) is 4.40 Å². The lowest BCUT2D eigenvalue weighted by molar-refractivity contribution is 1.20. The van der Waals surface area contributed by atoms with E-state index >= 15 is 0 Å². The molecule has 0 aliphatic carbocycles. The van der Waals surface area contributed by atoms with Gasteiger partial charge in [0.2, 0.25) is 0 Å². The molecule has 4 heteroatoms. The number of anilines is 1. The van der Waals surface area contributed by atoms with Gasteiger partial charge < -0.3 is 15.5 Å². The molecule has 3 aromatic rings. The van der Waals surface area contributed by atoms with E-state index in [4.69, 9.17) is 18.0 Å². The molecule has 0 amide bonds. The van der Waals surface area contributed by atoms with Crippen molar-refractivity contribution in [3.8, 4) is 11.1 Å². The number of nitrogens with two attached hydrogens (primary N) is 1. The van der Waals surface area contributed by atoms with Gasteiger partial charge in [-0.15, -0.1) is 0 Å². The first kappa shape index (κ1) is 11.7. The molecule has 2 heterocycles. The Kier molecular flexibility index (Phi) is 2.93. The van der Waals surface area contributed by atoms with Crippen LogP contribution in [-0.4, -0.2) is 9.51 Å². The average Bonchev–Trinajstić information content (AvgIpc) is 2.82. The molecule has 0 spiro atoms. The summed E-state index contributed by atoms with van der Waals surface area (Å²) in [6.45, 7) is 0. The lowest BCUT2D eigenvalue weighted by Gasteiger charge is -2.05. The van der Waals surface area contributed by atoms with Crippen molar-refractivity contribution >= 4 is 28.5 Å². The third kappa shape index (κ3) is 2.44. The first-order valence-corrected chi connectivity index (χ1v) is 6.37. The Hall–Kier alpha value is -2.33. The number of aromatic nitrogens is 1. The second-order valence-electron chi connectivity index (χ2n) is 4.33. The van der Waals surface area contributed by atoms with Crippen LogP contribution in [0.2, 0.25) is 0 Å². The van der Waals surface area contributed by atoms with Crippen molar-refractivity contribution in [3.05, 3.63) is 60.9 Å². The van der Waals surface area contributed by atoms with E-state index in [1.165, 1.54) is 5.52 Å². The fourth-order valence-electron chi connectivity index (χ4n) is 2.13. The number of hydrogen-bond donors (Lipinski definition) is 2. The van der Waals surface area contributed by atoms with Gasteiger partial charge in [-0.05, 0) is 48.1 Å². The topological polar surface area (TPSA) is 42.5 Å². The molecule has 0 aliphatic heterocycles. The summed E-state index contributed by atoms with van der Waals surface area (Å²) in [6, 6.07) is 16.3. The van der Waals surface area contributed by atoms with E-state index in [0.717, 1.165) is 16.8 Å². The maximum Gasteiger partial charge on any atom is 0.168 e. The van der Waals surface area contributed by atoms with E-state index in [1.807, 2.05) is 36.5 Å². The van der Waals surface area contributed by atoms with Crippen LogP contribution in [-0.2, 0) is 0 Å². The molecule has 0 saturated heterocycles. The molecule has 1 aromatic carbocycles. The van der Waals surface area contributed by atoms with Crippen LogP contribution in [0.5, 0.6) is 0 Å². The van der Waals surface area contributed by atoms with Gasteiger partial charge in [-0.2, -0.15) is 0 Å². The number of nitrogens with zero attached hydrogens (tertiary/aromatic N) is 1. The second kappa shape index (κ2) is 4.74. The Morgan fingerprint density at radius 2 is 1.95 bits per heavy atom. The number of nitrogens with one attached hydrogen (secondary N) is 1. The Morgan fingerprint density at radius 3 is 2.74 bits per heavy atom. The maximum absolute atomic E-state index is 5.49. The molecule has 0 aliphatic rings. The molecule has 0 fully saturated rings. The Bertz CT molecular complexity index is 713. The van der Waals surface area contributed by atoms with Crippen LogP contribution in [0.25, 0.3) is 16.6 Å². The Labute approximate surface area is 116 Å². The zero-order valence-electron chi connectivity index (χ0n) is 10.2. The largest absolute Gasteiger partial charge is 0.376 e. The van der Waals surface area contributed by atoms with Crippen LogP contribution in [0, 0.1) is 0 Å². The molecular formula is C15H13N3S. The molecule has 0 radical (unpaired) electrons. The van der Waals surface area contributed by atoms with Crippen LogP contribution >= 0.6 is 12.2 Å². The molecule has 0 bridgehead atoms. The predicted molar refractivity (Wildman–Crippen MR) is 83.2 cm³/mol. The van der Waals surface area contributed by atoms with Crippen molar-refractivity contribution in [3.63, 3.8) is 0 Å². The van der Waals surface area contributed by atoms with Gasteiger partial charge in [0.1, 0.15) is 0 Å². The lowest BCUT2D eigenvalue weighted by atomic mass is 10.1. The smallest absolute Gasteiger partial charge is 0.168 e. The van der Waals surface area contributed by atoms with Gasteiger partial charge in [0.15, 0.2) is 5.11 Å². The number of fused-ring (bicyclic) bond motifs is 1. The van der Waals surface area contributed by atoms with E-state index < -0.39 is 0 Å². The first-order valence-electron chi connectivity index (χ1n) is 5.96. The van der Waals surface area contributed by atoms with E-state index in [1.54, 1.807) is 0 Å². The molecular weight excluding hydrogens is 254 g/mol. The van der Waals surface area contributed by atoms with Crippen molar-refractivity contribution in [2.75, 3.05) is 5.32 Å². The Morgan fingerprint density at radius 1 is 1.05 bits per heavy atom. The third-order valence-corrected chi connectivity index (χ3v) is 3.07. The van der Waals surface area contributed by atoms with Crippen molar-refractivity contribution in [2.45, 2.75) is 0 Å². The highest BCUT2D eigenvalue weighted by Gasteiger charge is 2.03. The molecule has 0 saturated carbocycles. The molecule has 0 atom stereocenters. The summed E-state index contributed by atoms with van der Waals surface area (Å²) in [5.74, 6) is 0. The van der Waals surface area contributed by atoms with Gasteiger partial charge in [0, 0.05) is 29.2 Å². The fourth-order valence-corrected chi connectivity index (χ4v) is 2.25. The highest BCUT2D eigenvalue weighted by atomic mass is 32.1. The minimum atomic E-state index is 0.277. The summed E-state index contributed by atoms with van der Waals surface area (Å²) in [6.07, 6.45) is 4.14. The van der Waals surface area contributed by atoms with Crippen LogP contribution in [0.1, 0.15) is 0 Å². The van der Waals surface area contributed by atoms with Crippen molar-refractivity contribution in [1.29, 1.82) is 0 Å². The molecule has 94 valence electrons. The fraction of sp³-hybridized carbons (Fsp3) is 0. The zero-order valence-corrected chi connectivity index (χ0v) is 11.0. The lowest BCUT2D eigenvalue weighted by Crippen LogP contribution is -2.18. The highest BCUT2D eigenvalue weighted by Crippen LogP contribution is 2.25. The van der Waals surface area contributed by atoms with E-state index in [9.17, 15) is 0 Å². The number of hydrogen-bond acceptors (Lipinski definition) is 1. The van der Waals surface area contributed by atoms with E-state index in [2.05, 4.69) is 34.1 Å². The second-order valence-corrected chi connectivity index (χ2v) is 4.77. The normalized spacial score (nSPS) is 10.5. The molecule has 0 unspecified atom stereocenters. The minimum absolute atomic E-state index is 0.277. The number of benzene rings is 1. The molecule has 3 nitrogen and oxygen atoms in total. The monoisotopic (exact) mass is 267 g/mol. The summed E-state index contributed by atoms with van der Waals surface area (Å²) >= 11 is 4.85. The maximum atomic E-state index is 5.49. The van der Waals surface area contributed by atoms with Gasteiger partial charge in [-0.25, -0.2) is 0 Å². The summed E-state index contributed by atoms with van der Waals surface area (Å²) in [5.41, 5.74) is 9.86. The quantitative estimate of drug-likeness (QED) is 0.700. The van der Waals surface area contributed by atoms with Crippen LogP contribution in [0.3, 0.4) is 0 Å².